The summed E-state index contributed by atoms with van der Waals surface area (Å²) in [6.45, 7) is 2.40. The van der Waals surface area contributed by atoms with Crippen LogP contribution in [0.15, 0.2) is 47.6 Å². The molecule has 3 heterocycles. The van der Waals surface area contributed by atoms with Crippen LogP contribution in [0, 0.1) is 0 Å². The molecule has 0 spiro atoms. The number of unbranched alkanes of at least 4 members (excludes halogenated alkanes) is 1. The minimum absolute atomic E-state index is 0.235. The van der Waals surface area contributed by atoms with Gasteiger partial charge in [-0.1, -0.05) is 43.3 Å². The van der Waals surface area contributed by atoms with Gasteiger partial charge in [0, 0.05) is 22.6 Å². The number of hydrogen-bond donors (Lipinski definition) is 1. The first-order valence-corrected chi connectivity index (χ1v) is 10.6. The lowest BCUT2D eigenvalue weighted by Crippen LogP contribution is -2.17. The number of rotatable bonds is 5. The lowest BCUT2D eigenvalue weighted by atomic mass is 10.1. The molecular formula is C21H20N4O3S. The molecule has 7 nitrogen and oxygen atoms in total. The van der Waals surface area contributed by atoms with Crippen LogP contribution in [-0.2, 0) is 0 Å². The monoisotopic (exact) mass is 408 g/mol. The standard InChI is InChI=1S/C21H20N4O3S/c1-2-3-10-29-21-23-20-18(24-25-21)14-6-4-5-7-15(14)22-19(28-20)13-8-9-16-17(11-13)27-12-26-16/h4-9,11,19,22H,2-3,10,12H2,1H3. The van der Waals surface area contributed by atoms with Crippen LogP contribution in [0.5, 0.6) is 17.4 Å². The smallest absolute Gasteiger partial charge is 0.247 e. The van der Waals surface area contributed by atoms with Crippen LogP contribution in [-0.4, -0.2) is 27.7 Å². The molecule has 0 aliphatic carbocycles. The molecule has 5 rings (SSSR count). The van der Waals surface area contributed by atoms with E-state index in [4.69, 9.17) is 14.2 Å². The Balaban J connectivity index is 1.53. The molecule has 0 amide bonds. The molecule has 0 saturated carbocycles. The fourth-order valence-electron chi connectivity index (χ4n) is 3.24. The summed E-state index contributed by atoms with van der Waals surface area (Å²) < 4.78 is 17.2. The summed E-state index contributed by atoms with van der Waals surface area (Å²) in [5.74, 6) is 2.88. The molecule has 1 N–H and O–H groups in total. The molecule has 1 aromatic heterocycles. The molecule has 0 radical (unpaired) electrons. The zero-order valence-electron chi connectivity index (χ0n) is 15.9. The Morgan fingerprint density at radius 2 is 2.00 bits per heavy atom. The maximum Gasteiger partial charge on any atom is 0.247 e. The van der Waals surface area contributed by atoms with Crippen molar-refractivity contribution in [2.24, 2.45) is 0 Å². The molecule has 148 valence electrons. The second kappa shape index (κ2) is 7.79. The normalized spacial score (nSPS) is 16.2. The number of nitrogens with zero attached hydrogens (tertiary/aromatic N) is 3. The van der Waals surface area contributed by atoms with E-state index < -0.39 is 6.23 Å². The van der Waals surface area contributed by atoms with E-state index in [0.29, 0.717) is 22.5 Å². The zero-order chi connectivity index (χ0) is 19.6. The molecule has 0 bridgehead atoms. The van der Waals surface area contributed by atoms with Gasteiger partial charge >= 0.3 is 0 Å². The topological polar surface area (TPSA) is 78.4 Å². The number of anilines is 1. The molecule has 2 aliphatic heterocycles. The van der Waals surface area contributed by atoms with Crippen molar-refractivity contribution >= 4 is 17.4 Å². The van der Waals surface area contributed by atoms with E-state index in [1.54, 1.807) is 11.8 Å². The Morgan fingerprint density at radius 3 is 2.93 bits per heavy atom. The van der Waals surface area contributed by atoms with Gasteiger partial charge in [0.1, 0.15) is 0 Å². The highest BCUT2D eigenvalue weighted by atomic mass is 32.2. The van der Waals surface area contributed by atoms with E-state index in [2.05, 4.69) is 27.4 Å². The highest BCUT2D eigenvalue weighted by Gasteiger charge is 2.27. The van der Waals surface area contributed by atoms with Crippen molar-refractivity contribution in [1.29, 1.82) is 0 Å². The van der Waals surface area contributed by atoms with E-state index in [9.17, 15) is 0 Å². The maximum atomic E-state index is 6.30. The van der Waals surface area contributed by atoms with Gasteiger partial charge in [-0.15, -0.1) is 10.2 Å². The summed E-state index contributed by atoms with van der Waals surface area (Å²) in [5.41, 5.74) is 3.37. The number of thioether (sulfide) groups is 1. The second-order valence-electron chi connectivity index (χ2n) is 6.75. The third-order valence-electron chi connectivity index (χ3n) is 4.76. The van der Waals surface area contributed by atoms with Crippen molar-refractivity contribution in [1.82, 2.24) is 15.2 Å². The molecule has 8 heteroatoms. The first-order valence-electron chi connectivity index (χ1n) is 9.61. The van der Waals surface area contributed by atoms with Crippen LogP contribution in [0.4, 0.5) is 5.69 Å². The van der Waals surface area contributed by atoms with Crippen molar-refractivity contribution in [3.05, 3.63) is 48.0 Å². The molecule has 2 aliphatic rings. The lowest BCUT2D eigenvalue weighted by molar-refractivity contribution is 0.173. The number of ether oxygens (including phenoxy) is 3. The molecule has 29 heavy (non-hydrogen) atoms. The minimum Gasteiger partial charge on any atom is -0.454 e. The summed E-state index contributed by atoms with van der Waals surface area (Å²) >= 11 is 1.60. The van der Waals surface area contributed by atoms with Gasteiger partial charge in [0.25, 0.3) is 0 Å². The minimum atomic E-state index is -0.447. The fraction of sp³-hybridized carbons (Fsp3) is 0.286. The van der Waals surface area contributed by atoms with Gasteiger partial charge in [-0.3, -0.25) is 0 Å². The summed E-state index contributed by atoms with van der Waals surface area (Å²) in [6, 6.07) is 13.7. The van der Waals surface area contributed by atoms with Gasteiger partial charge in [0.15, 0.2) is 23.4 Å². The molecule has 1 unspecified atom stereocenters. The quantitative estimate of drug-likeness (QED) is 0.482. The van der Waals surface area contributed by atoms with E-state index in [0.717, 1.165) is 41.2 Å². The predicted molar refractivity (Wildman–Crippen MR) is 110 cm³/mol. The average molecular weight is 408 g/mol. The van der Waals surface area contributed by atoms with Gasteiger partial charge in [-0.25, -0.2) is 0 Å². The molecule has 3 aromatic rings. The summed E-state index contributed by atoms with van der Waals surface area (Å²) in [6.07, 6.45) is 1.79. The number of para-hydroxylation sites is 1. The lowest BCUT2D eigenvalue weighted by Gasteiger charge is -2.19. The van der Waals surface area contributed by atoms with E-state index >= 15 is 0 Å². The highest BCUT2D eigenvalue weighted by Crippen LogP contribution is 2.41. The van der Waals surface area contributed by atoms with Crippen LogP contribution in [0.25, 0.3) is 11.3 Å². The summed E-state index contributed by atoms with van der Waals surface area (Å²) in [4.78, 5) is 4.66. The average Bonchev–Trinajstić information content (AvgIpc) is 3.15. The summed E-state index contributed by atoms with van der Waals surface area (Å²) in [5, 5.41) is 12.8. The molecule has 1 atom stereocenters. The van der Waals surface area contributed by atoms with Crippen LogP contribution in [0.2, 0.25) is 0 Å². The molecule has 2 aromatic carbocycles. The number of aromatic nitrogens is 3. The van der Waals surface area contributed by atoms with E-state index in [-0.39, 0.29) is 6.79 Å². The van der Waals surface area contributed by atoms with Gasteiger partial charge in [-0.05, 0) is 30.7 Å². The van der Waals surface area contributed by atoms with Crippen LogP contribution >= 0.6 is 11.8 Å². The first-order chi connectivity index (χ1) is 14.3. The van der Waals surface area contributed by atoms with E-state index in [1.165, 1.54) is 0 Å². The molecule has 0 fully saturated rings. The Kier molecular flexibility index (Phi) is 4.85. The van der Waals surface area contributed by atoms with Crippen LogP contribution in [0.3, 0.4) is 0 Å². The number of fused-ring (bicyclic) bond motifs is 4. The Hall–Kier alpha value is -3.00. The van der Waals surface area contributed by atoms with Gasteiger partial charge in [0.2, 0.25) is 17.8 Å². The van der Waals surface area contributed by atoms with Gasteiger partial charge in [-0.2, -0.15) is 4.98 Å². The third-order valence-corrected chi connectivity index (χ3v) is 5.69. The van der Waals surface area contributed by atoms with Crippen molar-refractivity contribution in [2.75, 3.05) is 17.9 Å². The third kappa shape index (κ3) is 3.55. The summed E-state index contributed by atoms with van der Waals surface area (Å²) in [7, 11) is 0. The maximum absolute atomic E-state index is 6.30. The fourth-order valence-corrected chi connectivity index (χ4v) is 4.10. The number of benzene rings is 2. The van der Waals surface area contributed by atoms with E-state index in [1.807, 2.05) is 42.5 Å². The Morgan fingerprint density at radius 1 is 1.10 bits per heavy atom. The van der Waals surface area contributed by atoms with Gasteiger partial charge < -0.3 is 19.5 Å². The second-order valence-corrected chi connectivity index (χ2v) is 7.81. The Bertz CT molecular complexity index is 1050. The van der Waals surface area contributed by atoms with Crippen molar-refractivity contribution in [2.45, 2.75) is 31.1 Å². The largest absolute Gasteiger partial charge is 0.454 e. The highest BCUT2D eigenvalue weighted by molar-refractivity contribution is 7.99. The zero-order valence-corrected chi connectivity index (χ0v) is 16.7. The van der Waals surface area contributed by atoms with Crippen molar-refractivity contribution in [3.63, 3.8) is 0 Å². The number of nitrogens with one attached hydrogen (secondary N) is 1. The molecule has 0 saturated heterocycles. The van der Waals surface area contributed by atoms with Gasteiger partial charge in [0.05, 0.1) is 0 Å². The SMILES string of the molecule is CCCCSc1nnc2c(n1)OC(c1ccc3c(c1)OCO3)Nc1ccccc1-2. The van der Waals surface area contributed by atoms with Crippen molar-refractivity contribution < 1.29 is 14.2 Å². The van der Waals surface area contributed by atoms with Crippen LogP contribution < -0.4 is 19.5 Å². The molecular weight excluding hydrogens is 388 g/mol. The van der Waals surface area contributed by atoms with Crippen molar-refractivity contribution in [3.8, 4) is 28.6 Å². The predicted octanol–water partition coefficient (Wildman–Crippen LogP) is 4.66. The van der Waals surface area contributed by atoms with Crippen LogP contribution in [0.1, 0.15) is 31.6 Å². The Labute approximate surface area is 172 Å². The number of hydrogen-bond acceptors (Lipinski definition) is 8. The first kappa shape index (κ1) is 18.1.